The van der Waals surface area contributed by atoms with E-state index in [1.54, 1.807) is 11.9 Å². The van der Waals surface area contributed by atoms with Crippen LogP contribution in [0.5, 0.6) is 0 Å². The van der Waals surface area contributed by atoms with Crippen molar-refractivity contribution in [3.63, 3.8) is 0 Å². The van der Waals surface area contributed by atoms with Crippen molar-refractivity contribution >= 4 is 29.0 Å². The van der Waals surface area contributed by atoms with E-state index < -0.39 is 0 Å². The summed E-state index contributed by atoms with van der Waals surface area (Å²) in [4.78, 5) is 2.47. The van der Waals surface area contributed by atoms with Crippen molar-refractivity contribution in [2.45, 2.75) is 32.1 Å². The van der Waals surface area contributed by atoms with Crippen LogP contribution in [0.1, 0.15) is 32.3 Å². The molecule has 102 valence electrons. The van der Waals surface area contributed by atoms with Crippen molar-refractivity contribution in [2.24, 2.45) is 10.3 Å². The summed E-state index contributed by atoms with van der Waals surface area (Å²) in [5, 5.41) is 0.500. The van der Waals surface area contributed by atoms with Gasteiger partial charge in [-0.15, -0.1) is 0 Å². The summed E-state index contributed by atoms with van der Waals surface area (Å²) >= 11 is 1.76. The van der Waals surface area contributed by atoms with Gasteiger partial charge < -0.3 is 4.90 Å². The van der Waals surface area contributed by atoms with E-state index >= 15 is 0 Å². The van der Waals surface area contributed by atoms with Gasteiger partial charge in [0, 0.05) is 23.1 Å². The number of allylic oxidation sites excluding steroid dienone is 2. The number of amidine groups is 1. The Labute approximate surface area is 124 Å². The molecule has 1 aliphatic carbocycles. The fourth-order valence-corrected chi connectivity index (χ4v) is 4.34. The summed E-state index contributed by atoms with van der Waals surface area (Å²) in [6.45, 7) is 4.23. The third-order valence-electron chi connectivity index (χ3n) is 4.32. The Hall–Kier alpha value is -1.48. The van der Waals surface area contributed by atoms with Crippen molar-refractivity contribution in [1.82, 2.24) is 0 Å². The molecule has 2 aliphatic heterocycles. The summed E-state index contributed by atoms with van der Waals surface area (Å²) in [6, 6.07) is 8.74. The zero-order valence-corrected chi connectivity index (χ0v) is 12.7. The van der Waals surface area contributed by atoms with Crippen molar-refractivity contribution in [3.05, 3.63) is 47.6 Å². The summed E-state index contributed by atoms with van der Waals surface area (Å²) in [5.41, 5.74) is 5.26. The molecule has 1 fully saturated rings. The molecule has 0 aromatic heterocycles. The second-order valence-electron chi connectivity index (χ2n) is 5.54. The highest BCUT2D eigenvalue weighted by molar-refractivity contribution is 7.99. The van der Waals surface area contributed by atoms with Crippen LogP contribution < -0.4 is 4.90 Å². The van der Waals surface area contributed by atoms with Crippen molar-refractivity contribution in [3.8, 4) is 0 Å². The standard InChI is InChI=1S/C17H18N2S/c1-3-12-13(4-2)16-18-20-17(11-9-10-11)19(16)15-8-6-5-7-14(12)15/h3-8,11,17H,9-10H2,1-2H3/b12-3?,13-4+. The molecule has 0 amide bonds. The molecule has 1 unspecified atom stereocenters. The first kappa shape index (κ1) is 12.3. The first-order valence-electron chi connectivity index (χ1n) is 7.31. The SMILES string of the molecule is CC=C1/C(=C\C)C2=NSC(C3CC3)N2c2ccccc21. The van der Waals surface area contributed by atoms with E-state index in [0.29, 0.717) is 5.37 Å². The average molecular weight is 282 g/mol. The summed E-state index contributed by atoms with van der Waals surface area (Å²) < 4.78 is 4.80. The second kappa shape index (κ2) is 4.52. The van der Waals surface area contributed by atoms with Gasteiger partial charge in [0.15, 0.2) is 0 Å². The van der Waals surface area contributed by atoms with Crippen LogP contribution in [0, 0.1) is 5.92 Å². The van der Waals surface area contributed by atoms with Gasteiger partial charge in [-0.1, -0.05) is 30.4 Å². The van der Waals surface area contributed by atoms with Gasteiger partial charge in [0.2, 0.25) is 0 Å². The van der Waals surface area contributed by atoms with E-state index in [1.165, 1.54) is 35.2 Å². The van der Waals surface area contributed by atoms with E-state index in [-0.39, 0.29) is 0 Å². The third-order valence-corrected chi connectivity index (χ3v) is 5.41. The Kier molecular flexibility index (Phi) is 2.77. The van der Waals surface area contributed by atoms with Gasteiger partial charge in [-0.05, 0) is 44.2 Å². The van der Waals surface area contributed by atoms with E-state index in [2.05, 4.69) is 55.2 Å². The molecule has 3 heteroatoms. The maximum atomic E-state index is 4.80. The lowest BCUT2D eigenvalue weighted by atomic mass is 9.90. The zero-order valence-electron chi connectivity index (χ0n) is 11.8. The largest absolute Gasteiger partial charge is 0.310 e. The first-order valence-corrected chi connectivity index (χ1v) is 8.14. The van der Waals surface area contributed by atoms with E-state index in [0.717, 1.165) is 11.8 Å². The van der Waals surface area contributed by atoms with Crippen LogP contribution in [0.15, 0.2) is 46.4 Å². The van der Waals surface area contributed by atoms with Crippen LogP contribution in [-0.4, -0.2) is 11.2 Å². The van der Waals surface area contributed by atoms with Crippen LogP contribution in [0.2, 0.25) is 0 Å². The highest BCUT2D eigenvalue weighted by atomic mass is 32.2. The number of hydrogen-bond donors (Lipinski definition) is 0. The number of para-hydroxylation sites is 1. The van der Waals surface area contributed by atoms with Crippen LogP contribution in [-0.2, 0) is 0 Å². The topological polar surface area (TPSA) is 15.6 Å². The molecule has 20 heavy (non-hydrogen) atoms. The Morgan fingerprint density at radius 1 is 1.15 bits per heavy atom. The minimum absolute atomic E-state index is 0.500. The lowest BCUT2D eigenvalue weighted by Gasteiger charge is -2.35. The molecule has 0 bridgehead atoms. The van der Waals surface area contributed by atoms with Gasteiger partial charge in [-0.2, -0.15) is 4.40 Å². The van der Waals surface area contributed by atoms with Crippen LogP contribution in [0.4, 0.5) is 5.69 Å². The normalized spacial score (nSPS) is 28.6. The summed E-state index contributed by atoms with van der Waals surface area (Å²) in [6.07, 6.45) is 7.11. The predicted octanol–water partition coefficient (Wildman–Crippen LogP) is 4.65. The summed E-state index contributed by atoms with van der Waals surface area (Å²) in [5.74, 6) is 1.96. The van der Waals surface area contributed by atoms with Crippen molar-refractivity contribution in [2.75, 3.05) is 4.90 Å². The number of hydrogen-bond acceptors (Lipinski definition) is 3. The van der Waals surface area contributed by atoms with Crippen LogP contribution >= 0.6 is 11.9 Å². The average Bonchev–Trinajstić information content (AvgIpc) is 3.24. The molecule has 0 N–H and O–H groups in total. The third kappa shape index (κ3) is 1.62. The Balaban J connectivity index is 1.93. The van der Waals surface area contributed by atoms with E-state index in [4.69, 9.17) is 4.40 Å². The Bertz CT molecular complexity index is 653. The molecule has 2 nitrogen and oxygen atoms in total. The maximum absolute atomic E-state index is 4.80. The minimum atomic E-state index is 0.500. The van der Waals surface area contributed by atoms with Gasteiger partial charge in [-0.25, -0.2) is 0 Å². The fraction of sp³-hybridized carbons (Fsp3) is 0.353. The lowest BCUT2D eigenvalue weighted by Crippen LogP contribution is -2.39. The van der Waals surface area contributed by atoms with Gasteiger partial charge in [-0.3, -0.25) is 0 Å². The van der Waals surface area contributed by atoms with Gasteiger partial charge in [0.25, 0.3) is 0 Å². The second-order valence-corrected chi connectivity index (χ2v) is 6.42. The molecule has 4 rings (SSSR count). The first-order chi connectivity index (χ1) is 9.85. The Morgan fingerprint density at radius 3 is 2.60 bits per heavy atom. The molecule has 0 radical (unpaired) electrons. The zero-order chi connectivity index (χ0) is 13.7. The number of fused-ring (bicyclic) bond motifs is 3. The lowest BCUT2D eigenvalue weighted by molar-refractivity contribution is 0.779. The molecule has 1 atom stereocenters. The monoisotopic (exact) mass is 282 g/mol. The van der Waals surface area contributed by atoms with E-state index in [1.807, 2.05) is 0 Å². The summed E-state index contributed by atoms with van der Waals surface area (Å²) in [7, 11) is 0. The van der Waals surface area contributed by atoms with Gasteiger partial charge >= 0.3 is 0 Å². The molecular weight excluding hydrogens is 264 g/mol. The highest BCUT2D eigenvalue weighted by Crippen LogP contribution is 2.51. The smallest absolute Gasteiger partial charge is 0.149 e. The molecule has 2 heterocycles. The molecule has 1 saturated carbocycles. The van der Waals surface area contributed by atoms with Crippen molar-refractivity contribution < 1.29 is 0 Å². The van der Waals surface area contributed by atoms with Crippen molar-refractivity contribution in [1.29, 1.82) is 0 Å². The van der Waals surface area contributed by atoms with Gasteiger partial charge in [0.1, 0.15) is 11.2 Å². The van der Waals surface area contributed by atoms with Crippen LogP contribution in [0.25, 0.3) is 5.57 Å². The number of rotatable bonds is 1. The molecule has 1 aromatic carbocycles. The maximum Gasteiger partial charge on any atom is 0.149 e. The molecular formula is C17H18N2S. The molecule has 0 spiro atoms. The predicted molar refractivity (Wildman–Crippen MR) is 87.9 cm³/mol. The number of benzene rings is 1. The minimum Gasteiger partial charge on any atom is -0.310 e. The fourth-order valence-electron chi connectivity index (χ4n) is 3.20. The molecule has 0 saturated heterocycles. The highest BCUT2D eigenvalue weighted by Gasteiger charge is 2.45. The number of anilines is 1. The molecule has 1 aromatic rings. The van der Waals surface area contributed by atoms with E-state index in [9.17, 15) is 0 Å². The van der Waals surface area contributed by atoms with Gasteiger partial charge in [0.05, 0.1) is 5.69 Å². The Morgan fingerprint density at radius 2 is 1.90 bits per heavy atom. The quantitative estimate of drug-likeness (QED) is 0.697. The van der Waals surface area contributed by atoms with Crippen LogP contribution in [0.3, 0.4) is 0 Å². The molecule has 3 aliphatic rings. The number of nitrogens with zero attached hydrogens (tertiary/aromatic N) is 2.